The van der Waals surface area contributed by atoms with Crippen LogP contribution in [0.1, 0.15) is 31.4 Å². The summed E-state index contributed by atoms with van der Waals surface area (Å²) < 4.78 is 16.3. The van der Waals surface area contributed by atoms with Gasteiger partial charge in [-0.2, -0.15) is 0 Å². The van der Waals surface area contributed by atoms with E-state index in [1.807, 2.05) is 6.92 Å². The van der Waals surface area contributed by atoms with Crippen LogP contribution >= 0.6 is 0 Å². The second-order valence-electron chi connectivity index (χ2n) is 7.00. The normalized spacial score (nSPS) is 15.4. The van der Waals surface area contributed by atoms with Crippen molar-refractivity contribution in [3.05, 3.63) is 35.4 Å². The quantitative estimate of drug-likeness (QED) is 0.297. The van der Waals surface area contributed by atoms with Crippen LogP contribution in [0.15, 0.2) is 29.3 Å². The lowest BCUT2D eigenvalue weighted by molar-refractivity contribution is 0.0376. The van der Waals surface area contributed by atoms with Crippen molar-refractivity contribution in [1.29, 1.82) is 0 Å². The van der Waals surface area contributed by atoms with E-state index in [-0.39, 0.29) is 0 Å². The van der Waals surface area contributed by atoms with Gasteiger partial charge in [0.1, 0.15) is 0 Å². The van der Waals surface area contributed by atoms with Crippen LogP contribution in [0.25, 0.3) is 0 Å². The summed E-state index contributed by atoms with van der Waals surface area (Å²) in [5, 5.41) is 6.77. The van der Waals surface area contributed by atoms with Gasteiger partial charge in [0, 0.05) is 32.8 Å². The molecule has 1 aliphatic rings. The predicted molar refractivity (Wildman–Crippen MR) is 117 cm³/mol. The zero-order chi connectivity index (χ0) is 20.6. The topological polar surface area (TPSA) is 67.4 Å². The Hall–Kier alpha value is -1.67. The molecule has 1 saturated heterocycles. The standard InChI is InChI=1S/C22H38N4O3/c1-3-23-22(24-9-6-10-26-11-13-28-14-12-26)25-18-20-7-5-8-21(17-20)19-29-16-15-27-4-2/h5,7-8,17H,3-4,6,9-16,18-19H2,1-2H3,(H2,23,24,25). The number of hydrogen-bond acceptors (Lipinski definition) is 5. The first-order chi connectivity index (χ1) is 14.3. The van der Waals surface area contributed by atoms with Gasteiger partial charge in [-0.1, -0.05) is 24.3 Å². The molecule has 0 saturated carbocycles. The minimum atomic E-state index is 0.602. The fourth-order valence-corrected chi connectivity index (χ4v) is 3.12. The SMILES string of the molecule is CCNC(=NCc1cccc(COCCOCC)c1)NCCCN1CCOCC1. The molecule has 2 rings (SSSR count). The van der Waals surface area contributed by atoms with E-state index in [0.717, 1.165) is 70.5 Å². The molecule has 0 atom stereocenters. The van der Waals surface area contributed by atoms with Crippen molar-refractivity contribution in [2.24, 2.45) is 4.99 Å². The smallest absolute Gasteiger partial charge is 0.191 e. The van der Waals surface area contributed by atoms with Crippen LogP contribution in [0, 0.1) is 0 Å². The molecule has 2 N–H and O–H groups in total. The largest absolute Gasteiger partial charge is 0.379 e. The minimum absolute atomic E-state index is 0.602. The summed E-state index contributed by atoms with van der Waals surface area (Å²) in [5.74, 6) is 0.868. The maximum absolute atomic E-state index is 5.66. The van der Waals surface area contributed by atoms with Crippen LogP contribution in [-0.4, -0.2) is 76.6 Å². The number of rotatable bonds is 13. The second-order valence-corrected chi connectivity index (χ2v) is 7.00. The number of ether oxygens (including phenoxy) is 3. The number of benzene rings is 1. The van der Waals surface area contributed by atoms with E-state index < -0.39 is 0 Å². The van der Waals surface area contributed by atoms with Crippen molar-refractivity contribution in [2.45, 2.75) is 33.4 Å². The van der Waals surface area contributed by atoms with Crippen LogP contribution in [0.5, 0.6) is 0 Å². The highest BCUT2D eigenvalue weighted by atomic mass is 16.5. The molecule has 29 heavy (non-hydrogen) atoms. The molecule has 1 fully saturated rings. The Bertz CT molecular complexity index is 577. The highest BCUT2D eigenvalue weighted by molar-refractivity contribution is 5.79. The predicted octanol–water partition coefficient (Wildman–Crippen LogP) is 2.02. The van der Waals surface area contributed by atoms with E-state index in [2.05, 4.69) is 46.7 Å². The fraction of sp³-hybridized carbons (Fsp3) is 0.682. The van der Waals surface area contributed by atoms with Crippen molar-refractivity contribution < 1.29 is 14.2 Å². The molecule has 0 aromatic heterocycles. The monoisotopic (exact) mass is 406 g/mol. The summed E-state index contributed by atoms with van der Waals surface area (Å²) in [4.78, 5) is 7.19. The van der Waals surface area contributed by atoms with E-state index >= 15 is 0 Å². The fourth-order valence-electron chi connectivity index (χ4n) is 3.12. The van der Waals surface area contributed by atoms with Crippen LogP contribution in [-0.2, 0) is 27.4 Å². The van der Waals surface area contributed by atoms with Gasteiger partial charge in [-0.15, -0.1) is 0 Å². The zero-order valence-electron chi connectivity index (χ0n) is 18.1. The highest BCUT2D eigenvalue weighted by Gasteiger charge is 2.09. The molecule has 164 valence electrons. The first-order valence-electron chi connectivity index (χ1n) is 10.9. The van der Waals surface area contributed by atoms with Crippen LogP contribution in [0.4, 0.5) is 0 Å². The van der Waals surface area contributed by atoms with E-state index in [1.165, 1.54) is 5.56 Å². The molecule has 0 unspecified atom stereocenters. The summed E-state index contributed by atoms with van der Waals surface area (Å²) in [7, 11) is 0. The maximum atomic E-state index is 5.66. The number of nitrogens with zero attached hydrogens (tertiary/aromatic N) is 2. The summed E-state index contributed by atoms with van der Waals surface area (Å²) in [6.07, 6.45) is 1.10. The number of aliphatic imine (C=N–C) groups is 1. The Morgan fingerprint density at radius 2 is 1.90 bits per heavy atom. The third-order valence-corrected chi connectivity index (χ3v) is 4.65. The van der Waals surface area contributed by atoms with Crippen molar-refractivity contribution in [3.8, 4) is 0 Å². The first-order valence-corrected chi connectivity index (χ1v) is 10.9. The molecule has 0 amide bonds. The van der Waals surface area contributed by atoms with E-state index in [9.17, 15) is 0 Å². The Morgan fingerprint density at radius 3 is 2.69 bits per heavy atom. The van der Waals surface area contributed by atoms with Crippen molar-refractivity contribution in [2.75, 3.05) is 65.8 Å². The third kappa shape index (κ3) is 10.6. The highest BCUT2D eigenvalue weighted by Crippen LogP contribution is 2.08. The lowest BCUT2D eigenvalue weighted by Crippen LogP contribution is -2.40. The molecule has 7 heteroatoms. The van der Waals surface area contributed by atoms with Gasteiger partial charge >= 0.3 is 0 Å². The zero-order valence-corrected chi connectivity index (χ0v) is 18.1. The van der Waals surface area contributed by atoms with Gasteiger partial charge in [-0.3, -0.25) is 4.90 Å². The van der Waals surface area contributed by atoms with E-state index in [4.69, 9.17) is 19.2 Å². The van der Waals surface area contributed by atoms with Gasteiger partial charge < -0.3 is 24.8 Å². The molecule has 1 heterocycles. The summed E-state index contributed by atoms with van der Waals surface area (Å²) in [5.41, 5.74) is 2.35. The van der Waals surface area contributed by atoms with Crippen molar-refractivity contribution >= 4 is 5.96 Å². The lowest BCUT2D eigenvalue weighted by Gasteiger charge is -2.26. The molecule has 1 aromatic carbocycles. The maximum Gasteiger partial charge on any atom is 0.191 e. The Labute approximate surface area is 175 Å². The Morgan fingerprint density at radius 1 is 1.10 bits per heavy atom. The van der Waals surface area contributed by atoms with Gasteiger partial charge in [0.15, 0.2) is 5.96 Å². The molecule has 0 bridgehead atoms. The summed E-state index contributed by atoms with van der Waals surface area (Å²) >= 11 is 0. The number of hydrogen-bond donors (Lipinski definition) is 2. The average molecular weight is 407 g/mol. The molecule has 1 aromatic rings. The molecule has 0 radical (unpaired) electrons. The summed E-state index contributed by atoms with van der Waals surface area (Å²) in [6.45, 7) is 14.0. The Kier molecular flexibility index (Phi) is 12.4. The van der Waals surface area contributed by atoms with Crippen molar-refractivity contribution in [1.82, 2.24) is 15.5 Å². The molecular formula is C22H38N4O3. The number of morpholine rings is 1. The average Bonchev–Trinajstić information content (AvgIpc) is 2.76. The van der Waals surface area contributed by atoms with Gasteiger partial charge in [-0.05, 0) is 37.9 Å². The Balaban J connectivity index is 1.72. The molecule has 7 nitrogen and oxygen atoms in total. The lowest BCUT2D eigenvalue weighted by atomic mass is 10.1. The van der Waals surface area contributed by atoms with E-state index in [0.29, 0.717) is 26.4 Å². The van der Waals surface area contributed by atoms with Crippen molar-refractivity contribution in [3.63, 3.8) is 0 Å². The number of guanidine groups is 1. The number of nitrogens with one attached hydrogen (secondary N) is 2. The first kappa shape index (κ1) is 23.6. The summed E-state index contributed by atoms with van der Waals surface area (Å²) in [6, 6.07) is 8.42. The van der Waals surface area contributed by atoms with E-state index in [1.54, 1.807) is 0 Å². The van der Waals surface area contributed by atoms with Gasteiger partial charge in [0.2, 0.25) is 0 Å². The molecule has 1 aliphatic heterocycles. The second kappa shape index (κ2) is 15.2. The van der Waals surface area contributed by atoms with Crippen LogP contribution in [0.3, 0.4) is 0 Å². The van der Waals surface area contributed by atoms with Gasteiger partial charge in [-0.25, -0.2) is 4.99 Å². The van der Waals surface area contributed by atoms with Crippen LogP contribution < -0.4 is 10.6 Å². The van der Waals surface area contributed by atoms with Gasteiger partial charge in [0.25, 0.3) is 0 Å². The van der Waals surface area contributed by atoms with Gasteiger partial charge in [0.05, 0.1) is 39.6 Å². The molecular weight excluding hydrogens is 368 g/mol. The molecule has 0 spiro atoms. The third-order valence-electron chi connectivity index (χ3n) is 4.65. The minimum Gasteiger partial charge on any atom is -0.379 e. The molecule has 0 aliphatic carbocycles. The van der Waals surface area contributed by atoms with Crippen LogP contribution in [0.2, 0.25) is 0 Å².